The van der Waals surface area contributed by atoms with E-state index in [0.717, 1.165) is 71.0 Å². The van der Waals surface area contributed by atoms with Gasteiger partial charge in [0.15, 0.2) is 0 Å². The molecule has 1 aromatic rings. The summed E-state index contributed by atoms with van der Waals surface area (Å²) in [6.07, 6.45) is 15.7. The summed E-state index contributed by atoms with van der Waals surface area (Å²) in [5, 5.41) is 3.33. The maximum atomic E-state index is 13.6. The lowest BCUT2D eigenvalue weighted by atomic mass is 9.98. The van der Waals surface area contributed by atoms with Crippen LogP contribution in [0.25, 0.3) is 12.2 Å². The molecule has 0 atom stereocenters. The summed E-state index contributed by atoms with van der Waals surface area (Å²) in [5.74, 6) is -0.0863. The highest BCUT2D eigenvalue weighted by Gasteiger charge is 2.29. The number of dihydropyridines is 1. The average molecular weight is 479 g/mol. The van der Waals surface area contributed by atoms with Crippen LogP contribution in [0.5, 0.6) is 0 Å². The predicted molar refractivity (Wildman–Crippen MR) is 150 cm³/mol. The maximum absolute atomic E-state index is 13.6. The topological polar surface area (TPSA) is 69.6 Å². The number of aliphatic imine (C=N–C) groups is 2. The second-order valence-electron chi connectivity index (χ2n) is 9.54. The lowest BCUT2D eigenvalue weighted by Crippen LogP contribution is -2.27. The van der Waals surface area contributed by atoms with Crippen LogP contribution >= 0.6 is 0 Å². The second kappa shape index (κ2) is 9.38. The number of carbonyl (C=O) groups excluding carboxylic acids is 1. The van der Waals surface area contributed by atoms with E-state index in [1.165, 1.54) is 22.3 Å². The largest absolute Gasteiger partial charge is 0.355 e. The van der Waals surface area contributed by atoms with Crippen LogP contribution in [0, 0.1) is 0 Å². The van der Waals surface area contributed by atoms with Crippen molar-refractivity contribution in [2.45, 2.75) is 67.2 Å². The van der Waals surface area contributed by atoms with Crippen LogP contribution in [0.15, 0.2) is 79.4 Å². The van der Waals surface area contributed by atoms with Crippen molar-refractivity contribution in [2.24, 2.45) is 9.98 Å². The molecule has 184 valence electrons. The third kappa shape index (κ3) is 3.83. The van der Waals surface area contributed by atoms with Crippen molar-refractivity contribution >= 4 is 29.4 Å². The van der Waals surface area contributed by atoms with Crippen LogP contribution in [0.2, 0.25) is 0 Å². The molecule has 5 heteroatoms. The molecular formula is C31H34N4O. The molecule has 5 rings (SSSR count). The Bertz CT molecular complexity index is 1460. The lowest BCUT2D eigenvalue weighted by Gasteiger charge is -2.15. The first-order chi connectivity index (χ1) is 17.4. The molecule has 0 saturated heterocycles. The molecule has 0 amide bonds. The zero-order chi connectivity index (χ0) is 25.6. The summed E-state index contributed by atoms with van der Waals surface area (Å²) in [6, 6.07) is 0. The normalized spacial score (nSPS) is 19.1. The maximum Gasteiger partial charge on any atom is 0.227 e. The Morgan fingerprint density at radius 1 is 0.778 bits per heavy atom. The van der Waals surface area contributed by atoms with E-state index in [4.69, 9.17) is 9.98 Å². The monoisotopic (exact) mass is 478 g/mol. The number of H-pyrrole nitrogens is 1. The number of allylic oxidation sites excluding steroid dienone is 9. The van der Waals surface area contributed by atoms with Gasteiger partial charge in [-0.1, -0.05) is 33.8 Å². The summed E-state index contributed by atoms with van der Waals surface area (Å²) in [5.41, 5.74) is 14.0. The fourth-order valence-corrected chi connectivity index (χ4v) is 5.65. The first-order valence-corrected chi connectivity index (χ1v) is 13.1. The van der Waals surface area contributed by atoms with Gasteiger partial charge in [-0.15, -0.1) is 0 Å². The molecule has 0 fully saturated rings. The number of aromatic nitrogens is 1. The first-order valence-electron chi connectivity index (χ1n) is 13.1. The third-order valence-electron chi connectivity index (χ3n) is 7.57. The molecule has 0 aliphatic carbocycles. The van der Waals surface area contributed by atoms with Gasteiger partial charge in [-0.05, 0) is 103 Å². The Hall–Kier alpha value is -3.73. The number of carbonyl (C=O) groups is 1. The van der Waals surface area contributed by atoms with Crippen LogP contribution < -0.4 is 5.32 Å². The van der Waals surface area contributed by atoms with Gasteiger partial charge in [-0.3, -0.25) is 4.79 Å². The Morgan fingerprint density at radius 3 is 2.00 bits per heavy atom. The molecule has 2 N–H and O–H groups in total. The van der Waals surface area contributed by atoms with Gasteiger partial charge in [0.25, 0.3) is 0 Å². The highest BCUT2D eigenvalue weighted by Crippen LogP contribution is 2.35. The van der Waals surface area contributed by atoms with Gasteiger partial charge in [0, 0.05) is 17.1 Å². The SMILES string of the molecule is CCC1=C(C)C2=NC1=Cc1[nH]c(c(CC)c1CC)C=C1N=C(C(=O)C3=CC=CC(=C2)N3)C(C)=C1CC. The number of rotatable bonds is 4. The fourth-order valence-electron chi connectivity index (χ4n) is 5.65. The van der Waals surface area contributed by atoms with Crippen molar-refractivity contribution in [1.29, 1.82) is 0 Å². The van der Waals surface area contributed by atoms with Gasteiger partial charge in [0.05, 0.1) is 22.8 Å². The number of nitrogens with one attached hydrogen (secondary N) is 2. The number of Topliss-reactive ketones (excluding diaryl/α,β-unsaturated/α-hetero) is 1. The van der Waals surface area contributed by atoms with E-state index in [1.807, 2.05) is 31.2 Å². The van der Waals surface area contributed by atoms with Crippen LogP contribution in [-0.2, 0) is 17.6 Å². The molecule has 8 bridgehead atoms. The zero-order valence-electron chi connectivity index (χ0n) is 22.1. The van der Waals surface area contributed by atoms with Crippen LogP contribution in [-0.4, -0.2) is 22.2 Å². The van der Waals surface area contributed by atoms with E-state index in [-0.39, 0.29) is 5.78 Å². The average Bonchev–Trinajstić information content (AvgIpc) is 3.48. The number of ketones is 1. The molecule has 0 saturated carbocycles. The van der Waals surface area contributed by atoms with Crippen molar-refractivity contribution in [1.82, 2.24) is 10.3 Å². The van der Waals surface area contributed by atoms with E-state index in [1.54, 1.807) is 0 Å². The Balaban J connectivity index is 1.80. The molecule has 0 unspecified atom stereocenters. The molecule has 4 aliphatic heterocycles. The molecule has 0 radical (unpaired) electrons. The minimum atomic E-state index is -0.0863. The Labute approximate surface area is 213 Å². The summed E-state index contributed by atoms with van der Waals surface area (Å²) in [7, 11) is 0. The van der Waals surface area contributed by atoms with Crippen LogP contribution in [0.1, 0.15) is 76.9 Å². The van der Waals surface area contributed by atoms with Crippen LogP contribution in [0.4, 0.5) is 0 Å². The van der Waals surface area contributed by atoms with Gasteiger partial charge in [0.2, 0.25) is 5.78 Å². The first kappa shape index (κ1) is 24.0. The summed E-state index contributed by atoms with van der Waals surface area (Å²) in [4.78, 5) is 27.2. The van der Waals surface area contributed by atoms with E-state index >= 15 is 0 Å². The van der Waals surface area contributed by atoms with Crippen LogP contribution in [0.3, 0.4) is 0 Å². The fraction of sp³-hybridized carbons (Fsp3) is 0.323. The highest BCUT2D eigenvalue weighted by molar-refractivity contribution is 6.52. The number of fused-ring (bicyclic) bond motifs is 6. The van der Waals surface area contributed by atoms with Crippen molar-refractivity contribution in [3.05, 3.63) is 91.9 Å². The molecule has 36 heavy (non-hydrogen) atoms. The number of nitrogens with zero attached hydrogens (tertiary/aromatic N) is 2. The Morgan fingerprint density at radius 2 is 1.39 bits per heavy atom. The van der Waals surface area contributed by atoms with Gasteiger partial charge in [-0.25, -0.2) is 9.98 Å². The van der Waals surface area contributed by atoms with Crippen molar-refractivity contribution in [2.75, 3.05) is 0 Å². The van der Waals surface area contributed by atoms with Crippen molar-refractivity contribution in [3.63, 3.8) is 0 Å². The van der Waals surface area contributed by atoms with Gasteiger partial charge in [0.1, 0.15) is 5.71 Å². The van der Waals surface area contributed by atoms with E-state index < -0.39 is 0 Å². The molecule has 0 spiro atoms. The molecular weight excluding hydrogens is 444 g/mol. The number of hydrogen-bond acceptors (Lipinski definition) is 4. The number of aromatic amines is 1. The Kier molecular flexibility index (Phi) is 6.25. The third-order valence-corrected chi connectivity index (χ3v) is 7.57. The van der Waals surface area contributed by atoms with Gasteiger partial charge >= 0.3 is 0 Å². The molecule has 5 nitrogen and oxygen atoms in total. The summed E-state index contributed by atoms with van der Waals surface area (Å²) >= 11 is 0. The zero-order valence-corrected chi connectivity index (χ0v) is 22.1. The number of hydrogen-bond donors (Lipinski definition) is 2. The highest BCUT2D eigenvalue weighted by atomic mass is 16.1. The molecule has 0 aromatic carbocycles. The molecule has 5 heterocycles. The molecule has 4 aliphatic rings. The van der Waals surface area contributed by atoms with E-state index in [2.05, 4.69) is 57.1 Å². The predicted octanol–water partition coefficient (Wildman–Crippen LogP) is 6.69. The van der Waals surface area contributed by atoms with E-state index in [0.29, 0.717) is 11.4 Å². The second-order valence-corrected chi connectivity index (χ2v) is 9.54. The van der Waals surface area contributed by atoms with Gasteiger partial charge < -0.3 is 10.3 Å². The van der Waals surface area contributed by atoms with Crippen molar-refractivity contribution < 1.29 is 4.79 Å². The summed E-state index contributed by atoms with van der Waals surface area (Å²) in [6.45, 7) is 12.9. The van der Waals surface area contributed by atoms with Gasteiger partial charge in [-0.2, -0.15) is 0 Å². The standard InChI is InChI=1S/C31H34N4O/c1-7-20-17(5)25-14-19-12-11-13-24(32-19)31(36)30-18(6)21(8-2)27(35-30)16-29-23(10-4)22(9-3)28(34-29)15-26(20)33-25/h11-16,32,34H,7-10H2,1-6H3. The van der Waals surface area contributed by atoms with E-state index in [9.17, 15) is 4.79 Å². The summed E-state index contributed by atoms with van der Waals surface area (Å²) < 4.78 is 0. The molecule has 1 aromatic heterocycles. The smallest absolute Gasteiger partial charge is 0.227 e. The van der Waals surface area contributed by atoms with Crippen molar-refractivity contribution in [3.8, 4) is 0 Å². The lowest BCUT2D eigenvalue weighted by molar-refractivity contribution is -0.110. The quantitative estimate of drug-likeness (QED) is 0.506. The minimum Gasteiger partial charge on any atom is -0.355 e. The minimum absolute atomic E-state index is 0.0863.